The summed E-state index contributed by atoms with van der Waals surface area (Å²) in [4.78, 5) is 29.1. The van der Waals surface area contributed by atoms with Crippen molar-refractivity contribution >= 4 is 11.9 Å². The lowest BCUT2D eigenvalue weighted by atomic mass is 9.96. The van der Waals surface area contributed by atoms with Crippen LogP contribution >= 0.6 is 0 Å². The fourth-order valence-electron chi connectivity index (χ4n) is 2.66. The molecule has 1 aliphatic rings. The highest BCUT2D eigenvalue weighted by Gasteiger charge is 2.25. The van der Waals surface area contributed by atoms with E-state index in [1.54, 1.807) is 17.2 Å². The minimum atomic E-state index is -1.02. The van der Waals surface area contributed by atoms with E-state index in [9.17, 15) is 14.0 Å². The lowest BCUT2D eigenvalue weighted by Gasteiger charge is -2.29. The fraction of sp³-hybridized carbons (Fsp3) is 0.188. The van der Waals surface area contributed by atoms with Gasteiger partial charge in [0.1, 0.15) is 5.82 Å². The Morgan fingerprint density at radius 1 is 1.27 bits per heavy atom. The van der Waals surface area contributed by atoms with Crippen LogP contribution in [0.25, 0.3) is 0 Å². The molecule has 0 atom stereocenters. The van der Waals surface area contributed by atoms with Crippen molar-refractivity contribution < 1.29 is 19.1 Å². The van der Waals surface area contributed by atoms with Gasteiger partial charge in [-0.2, -0.15) is 0 Å². The second-order valence-corrected chi connectivity index (χ2v) is 5.12. The number of benzene rings is 1. The molecule has 1 amide bonds. The van der Waals surface area contributed by atoms with Gasteiger partial charge in [-0.3, -0.25) is 9.78 Å². The molecule has 0 fully saturated rings. The van der Waals surface area contributed by atoms with Crippen LogP contribution in [0.2, 0.25) is 0 Å². The number of carboxylic acid groups (broad SMARTS) is 1. The van der Waals surface area contributed by atoms with E-state index in [-0.39, 0.29) is 23.6 Å². The number of halogens is 1. The molecule has 0 bridgehead atoms. The van der Waals surface area contributed by atoms with Gasteiger partial charge in [0.15, 0.2) is 0 Å². The Morgan fingerprint density at radius 3 is 2.82 bits per heavy atom. The molecule has 2 aromatic rings. The van der Waals surface area contributed by atoms with Crippen LogP contribution in [0.15, 0.2) is 36.7 Å². The number of hydrogen-bond acceptors (Lipinski definition) is 3. The van der Waals surface area contributed by atoms with Gasteiger partial charge in [-0.05, 0) is 35.7 Å². The van der Waals surface area contributed by atoms with Crippen molar-refractivity contribution in [3.63, 3.8) is 0 Å². The average molecular weight is 300 g/mol. The van der Waals surface area contributed by atoms with Crippen molar-refractivity contribution in [2.24, 2.45) is 0 Å². The van der Waals surface area contributed by atoms with Crippen molar-refractivity contribution in [1.82, 2.24) is 9.88 Å². The number of hydrogen-bond donors (Lipinski definition) is 1. The Bertz CT molecular complexity index is 761. The molecule has 22 heavy (non-hydrogen) atoms. The molecule has 1 aliphatic heterocycles. The number of aromatic carboxylic acids is 1. The first-order chi connectivity index (χ1) is 10.6. The molecule has 0 saturated carbocycles. The number of nitrogens with zero attached hydrogens (tertiary/aromatic N) is 2. The maximum Gasteiger partial charge on any atom is 0.337 e. The standard InChI is InChI=1S/C16H13FN2O3/c17-12-3-1-2-10(6-12)15(20)19-5-4-13-11(9-19)7-18-8-14(13)16(21)22/h1-3,6-8H,4-5,9H2,(H,21,22). The Kier molecular flexibility index (Phi) is 3.58. The van der Waals surface area contributed by atoms with Crippen molar-refractivity contribution in [3.05, 3.63) is 64.7 Å². The summed E-state index contributed by atoms with van der Waals surface area (Å²) in [6.07, 6.45) is 3.35. The molecule has 0 unspecified atom stereocenters. The predicted molar refractivity (Wildman–Crippen MR) is 76.0 cm³/mol. The fourth-order valence-corrected chi connectivity index (χ4v) is 2.66. The zero-order chi connectivity index (χ0) is 15.7. The summed E-state index contributed by atoms with van der Waals surface area (Å²) in [5.41, 5.74) is 1.89. The topological polar surface area (TPSA) is 70.5 Å². The minimum Gasteiger partial charge on any atom is -0.478 e. The molecule has 1 aromatic heterocycles. The summed E-state index contributed by atoms with van der Waals surface area (Å²) in [7, 11) is 0. The van der Waals surface area contributed by atoms with Gasteiger partial charge in [0.05, 0.1) is 5.56 Å². The van der Waals surface area contributed by atoms with Gasteiger partial charge < -0.3 is 10.0 Å². The highest BCUT2D eigenvalue weighted by molar-refractivity contribution is 5.94. The van der Waals surface area contributed by atoms with Gasteiger partial charge >= 0.3 is 5.97 Å². The third-order valence-electron chi connectivity index (χ3n) is 3.73. The van der Waals surface area contributed by atoms with Gasteiger partial charge in [-0.1, -0.05) is 6.07 Å². The van der Waals surface area contributed by atoms with Gasteiger partial charge in [0.2, 0.25) is 0 Å². The zero-order valence-electron chi connectivity index (χ0n) is 11.6. The Labute approximate surface area is 126 Å². The van der Waals surface area contributed by atoms with E-state index in [0.717, 1.165) is 5.56 Å². The third-order valence-corrected chi connectivity index (χ3v) is 3.73. The monoisotopic (exact) mass is 300 g/mol. The molecule has 2 heterocycles. The van der Waals surface area contributed by atoms with E-state index in [4.69, 9.17) is 5.11 Å². The van der Waals surface area contributed by atoms with Crippen LogP contribution in [0, 0.1) is 5.82 Å². The molecule has 0 aliphatic carbocycles. The molecule has 0 radical (unpaired) electrons. The van der Waals surface area contributed by atoms with Crippen LogP contribution in [0.4, 0.5) is 4.39 Å². The summed E-state index contributed by atoms with van der Waals surface area (Å²) in [5, 5.41) is 9.16. The highest BCUT2D eigenvalue weighted by atomic mass is 19.1. The number of fused-ring (bicyclic) bond motifs is 1. The van der Waals surface area contributed by atoms with E-state index in [2.05, 4.69) is 4.98 Å². The lowest BCUT2D eigenvalue weighted by Crippen LogP contribution is -2.36. The largest absolute Gasteiger partial charge is 0.478 e. The molecule has 112 valence electrons. The first-order valence-electron chi connectivity index (χ1n) is 6.80. The van der Waals surface area contributed by atoms with Crippen molar-refractivity contribution in [3.8, 4) is 0 Å². The summed E-state index contributed by atoms with van der Waals surface area (Å²) >= 11 is 0. The summed E-state index contributed by atoms with van der Waals surface area (Å²) in [6, 6.07) is 5.53. The predicted octanol–water partition coefficient (Wildman–Crippen LogP) is 2.12. The van der Waals surface area contributed by atoms with Crippen molar-refractivity contribution in [2.45, 2.75) is 13.0 Å². The van der Waals surface area contributed by atoms with E-state index in [0.29, 0.717) is 18.5 Å². The summed E-state index contributed by atoms with van der Waals surface area (Å²) in [6.45, 7) is 0.672. The van der Waals surface area contributed by atoms with Crippen LogP contribution in [-0.2, 0) is 13.0 Å². The van der Waals surface area contributed by atoms with Crippen LogP contribution in [0.5, 0.6) is 0 Å². The van der Waals surface area contributed by atoms with Crippen LogP contribution in [0.1, 0.15) is 31.8 Å². The molecule has 5 nitrogen and oxygen atoms in total. The summed E-state index contributed by atoms with van der Waals surface area (Å²) in [5.74, 6) is -1.75. The molecular weight excluding hydrogens is 287 g/mol. The Hall–Kier alpha value is -2.76. The third kappa shape index (κ3) is 2.55. The van der Waals surface area contributed by atoms with Gasteiger partial charge in [-0.15, -0.1) is 0 Å². The number of rotatable bonds is 2. The molecular formula is C16H13FN2O3. The number of amides is 1. The first kappa shape index (κ1) is 14.2. The normalized spacial score (nSPS) is 13.6. The highest BCUT2D eigenvalue weighted by Crippen LogP contribution is 2.23. The average Bonchev–Trinajstić information content (AvgIpc) is 2.53. The SMILES string of the molecule is O=C(O)c1cncc2c1CCN(C(=O)c1cccc(F)c1)C2. The molecule has 0 spiro atoms. The van der Waals surface area contributed by atoms with Crippen LogP contribution in [-0.4, -0.2) is 33.4 Å². The first-order valence-corrected chi connectivity index (χ1v) is 6.80. The van der Waals surface area contributed by atoms with Gasteiger partial charge in [-0.25, -0.2) is 9.18 Å². The van der Waals surface area contributed by atoms with E-state index >= 15 is 0 Å². The second kappa shape index (κ2) is 5.55. The number of pyridine rings is 1. The molecule has 6 heteroatoms. The van der Waals surface area contributed by atoms with E-state index < -0.39 is 11.8 Å². The molecule has 3 rings (SSSR count). The van der Waals surface area contributed by atoms with E-state index in [1.807, 2.05) is 0 Å². The van der Waals surface area contributed by atoms with Crippen LogP contribution < -0.4 is 0 Å². The number of aromatic nitrogens is 1. The maximum absolute atomic E-state index is 13.2. The van der Waals surface area contributed by atoms with Gasteiger partial charge in [0, 0.05) is 31.0 Å². The Morgan fingerprint density at radius 2 is 2.09 bits per heavy atom. The molecule has 1 N–H and O–H groups in total. The number of carboxylic acids is 1. The van der Waals surface area contributed by atoms with Crippen LogP contribution in [0.3, 0.4) is 0 Å². The number of carbonyl (C=O) groups is 2. The van der Waals surface area contributed by atoms with Crippen molar-refractivity contribution in [1.29, 1.82) is 0 Å². The molecule has 1 aromatic carbocycles. The smallest absolute Gasteiger partial charge is 0.337 e. The van der Waals surface area contributed by atoms with E-state index in [1.165, 1.54) is 24.4 Å². The maximum atomic E-state index is 13.2. The Balaban J connectivity index is 1.87. The lowest BCUT2D eigenvalue weighted by molar-refractivity contribution is 0.0693. The number of carbonyl (C=O) groups excluding carboxylic acids is 1. The minimum absolute atomic E-state index is 0.176. The van der Waals surface area contributed by atoms with Gasteiger partial charge in [0.25, 0.3) is 5.91 Å². The second-order valence-electron chi connectivity index (χ2n) is 5.12. The quantitative estimate of drug-likeness (QED) is 0.922. The molecule has 0 saturated heterocycles. The zero-order valence-corrected chi connectivity index (χ0v) is 11.6. The van der Waals surface area contributed by atoms with Crippen molar-refractivity contribution in [2.75, 3.05) is 6.54 Å². The summed E-state index contributed by atoms with van der Waals surface area (Å²) < 4.78 is 13.2.